The topological polar surface area (TPSA) is 61.0 Å². The summed E-state index contributed by atoms with van der Waals surface area (Å²) in [5.74, 6) is 1.20. The molecular formula is C15H19N3O. The lowest BCUT2D eigenvalue weighted by molar-refractivity contribution is 0.415. The fraction of sp³-hybridized carbons (Fsp3) is 0.333. The third-order valence-electron chi connectivity index (χ3n) is 3.03. The molecule has 2 aromatic rings. The van der Waals surface area contributed by atoms with Crippen LogP contribution in [0.15, 0.2) is 30.3 Å². The molecule has 0 spiro atoms. The van der Waals surface area contributed by atoms with Crippen molar-refractivity contribution in [3.05, 3.63) is 35.9 Å². The van der Waals surface area contributed by atoms with Crippen LogP contribution < -0.4 is 10.5 Å². The Hall–Kier alpha value is -2.10. The second-order valence-electron chi connectivity index (χ2n) is 5.51. The van der Waals surface area contributed by atoms with E-state index in [-0.39, 0.29) is 5.41 Å². The molecule has 0 amide bonds. The van der Waals surface area contributed by atoms with Crippen LogP contribution in [0.3, 0.4) is 0 Å². The third-order valence-corrected chi connectivity index (χ3v) is 3.03. The van der Waals surface area contributed by atoms with Crippen LogP contribution in [0.25, 0.3) is 11.3 Å². The number of anilines is 1. The molecule has 0 unspecified atom stereocenters. The summed E-state index contributed by atoms with van der Waals surface area (Å²) in [6.45, 7) is 6.52. The average molecular weight is 257 g/mol. The van der Waals surface area contributed by atoms with Crippen molar-refractivity contribution in [2.24, 2.45) is 0 Å². The van der Waals surface area contributed by atoms with Gasteiger partial charge in [-0.1, -0.05) is 26.8 Å². The average Bonchev–Trinajstić information content (AvgIpc) is 2.38. The van der Waals surface area contributed by atoms with Gasteiger partial charge in [-0.2, -0.15) is 0 Å². The molecule has 1 heterocycles. The molecule has 0 aliphatic heterocycles. The first-order chi connectivity index (χ1) is 8.91. The number of aromatic nitrogens is 2. The highest BCUT2D eigenvalue weighted by atomic mass is 16.5. The fourth-order valence-corrected chi connectivity index (χ4v) is 1.86. The number of nitrogens with two attached hydrogens (primary N) is 1. The Morgan fingerprint density at radius 2 is 1.79 bits per heavy atom. The molecule has 19 heavy (non-hydrogen) atoms. The smallest absolute Gasteiger partial charge is 0.146 e. The minimum Gasteiger partial charge on any atom is -0.496 e. The van der Waals surface area contributed by atoms with Gasteiger partial charge in [0.2, 0.25) is 0 Å². The molecule has 0 aliphatic carbocycles. The minimum atomic E-state index is 0.0717. The molecule has 4 heteroatoms. The Kier molecular flexibility index (Phi) is 3.42. The van der Waals surface area contributed by atoms with Gasteiger partial charge in [-0.05, 0) is 35.2 Å². The predicted molar refractivity (Wildman–Crippen MR) is 77.1 cm³/mol. The highest BCUT2D eigenvalue weighted by Crippen LogP contribution is 2.33. The minimum absolute atomic E-state index is 0.0717. The lowest BCUT2D eigenvalue weighted by atomic mass is 9.85. The molecule has 0 bridgehead atoms. The van der Waals surface area contributed by atoms with Crippen molar-refractivity contribution < 1.29 is 4.74 Å². The van der Waals surface area contributed by atoms with Crippen LogP contribution in [0.5, 0.6) is 5.75 Å². The van der Waals surface area contributed by atoms with Crippen molar-refractivity contribution >= 4 is 5.82 Å². The van der Waals surface area contributed by atoms with Crippen molar-refractivity contribution in [2.45, 2.75) is 26.2 Å². The van der Waals surface area contributed by atoms with Crippen LogP contribution >= 0.6 is 0 Å². The number of nitrogen functional groups attached to an aromatic ring is 1. The van der Waals surface area contributed by atoms with E-state index in [1.54, 1.807) is 13.2 Å². The summed E-state index contributed by atoms with van der Waals surface area (Å²) in [7, 11) is 1.65. The summed E-state index contributed by atoms with van der Waals surface area (Å²) in [5, 5.41) is 8.02. The summed E-state index contributed by atoms with van der Waals surface area (Å²) >= 11 is 0. The highest BCUT2D eigenvalue weighted by Gasteiger charge is 2.17. The number of ether oxygens (including phenoxy) is 1. The van der Waals surface area contributed by atoms with E-state index in [1.807, 2.05) is 12.1 Å². The molecule has 0 saturated heterocycles. The number of methoxy groups -OCH3 is 1. The van der Waals surface area contributed by atoms with E-state index in [4.69, 9.17) is 10.5 Å². The Bertz CT molecular complexity index is 571. The molecule has 0 aliphatic rings. The second-order valence-corrected chi connectivity index (χ2v) is 5.51. The van der Waals surface area contributed by atoms with E-state index in [0.29, 0.717) is 5.82 Å². The first-order valence-electron chi connectivity index (χ1n) is 6.20. The fourth-order valence-electron chi connectivity index (χ4n) is 1.86. The summed E-state index contributed by atoms with van der Waals surface area (Å²) in [5.41, 5.74) is 8.56. The molecule has 0 fully saturated rings. The summed E-state index contributed by atoms with van der Waals surface area (Å²) in [6.07, 6.45) is 0. The zero-order chi connectivity index (χ0) is 14.0. The van der Waals surface area contributed by atoms with Gasteiger partial charge >= 0.3 is 0 Å². The summed E-state index contributed by atoms with van der Waals surface area (Å²) < 4.78 is 5.40. The van der Waals surface area contributed by atoms with Gasteiger partial charge < -0.3 is 10.5 Å². The number of nitrogens with zero attached hydrogens (tertiary/aromatic N) is 2. The standard InChI is InChI=1S/C15H19N3O/c1-15(2,3)10-5-7-13(19-4)11(9-10)12-6-8-14(16)18-17-12/h5-9H,1-4H3,(H2,16,18). The van der Waals surface area contributed by atoms with Crippen molar-refractivity contribution in [1.82, 2.24) is 10.2 Å². The zero-order valence-corrected chi connectivity index (χ0v) is 11.8. The third kappa shape index (κ3) is 2.84. The monoisotopic (exact) mass is 257 g/mol. The van der Waals surface area contributed by atoms with Gasteiger partial charge in [0.25, 0.3) is 0 Å². The first kappa shape index (κ1) is 13.3. The van der Waals surface area contributed by atoms with E-state index in [2.05, 4.69) is 43.1 Å². The normalized spacial score (nSPS) is 11.4. The van der Waals surface area contributed by atoms with Crippen LogP contribution in [-0.4, -0.2) is 17.3 Å². The second kappa shape index (κ2) is 4.88. The number of hydrogen-bond acceptors (Lipinski definition) is 4. The van der Waals surface area contributed by atoms with Crippen LogP contribution in [0, 0.1) is 0 Å². The van der Waals surface area contributed by atoms with Crippen LogP contribution in [-0.2, 0) is 5.41 Å². The van der Waals surface area contributed by atoms with E-state index in [9.17, 15) is 0 Å². The van der Waals surface area contributed by atoms with Gasteiger partial charge in [0, 0.05) is 5.56 Å². The zero-order valence-electron chi connectivity index (χ0n) is 11.8. The number of benzene rings is 1. The Labute approximate surface area is 113 Å². The molecule has 0 saturated carbocycles. The van der Waals surface area contributed by atoms with Crippen LogP contribution in [0.1, 0.15) is 26.3 Å². The molecule has 1 aromatic carbocycles. The van der Waals surface area contributed by atoms with Crippen LogP contribution in [0.4, 0.5) is 5.82 Å². The quantitative estimate of drug-likeness (QED) is 0.898. The first-order valence-corrected chi connectivity index (χ1v) is 6.20. The van der Waals surface area contributed by atoms with Crippen molar-refractivity contribution in [1.29, 1.82) is 0 Å². The molecule has 1 aromatic heterocycles. The van der Waals surface area contributed by atoms with Gasteiger partial charge in [0.15, 0.2) is 0 Å². The number of hydrogen-bond donors (Lipinski definition) is 1. The van der Waals surface area contributed by atoms with E-state index < -0.39 is 0 Å². The van der Waals surface area contributed by atoms with Gasteiger partial charge in [0.1, 0.15) is 11.6 Å². The van der Waals surface area contributed by atoms with Crippen molar-refractivity contribution in [3.63, 3.8) is 0 Å². The molecule has 0 radical (unpaired) electrons. The molecule has 0 atom stereocenters. The van der Waals surface area contributed by atoms with Gasteiger partial charge in [0.05, 0.1) is 12.8 Å². The summed E-state index contributed by atoms with van der Waals surface area (Å²) in [4.78, 5) is 0. The van der Waals surface area contributed by atoms with E-state index in [0.717, 1.165) is 17.0 Å². The molecule has 100 valence electrons. The Morgan fingerprint density at radius 3 is 2.32 bits per heavy atom. The maximum absolute atomic E-state index is 5.57. The lowest BCUT2D eigenvalue weighted by Crippen LogP contribution is -2.11. The molecule has 2 N–H and O–H groups in total. The van der Waals surface area contributed by atoms with Gasteiger partial charge in [-0.3, -0.25) is 0 Å². The van der Waals surface area contributed by atoms with Gasteiger partial charge in [-0.25, -0.2) is 0 Å². The highest BCUT2D eigenvalue weighted by molar-refractivity contribution is 5.68. The maximum Gasteiger partial charge on any atom is 0.146 e. The Balaban J connectivity index is 2.56. The number of rotatable bonds is 2. The summed E-state index contributed by atoms with van der Waals surface area (Å²) in [6, 6.07) is 9.73. The van der Waals surface area contributed by atoms with E-state index >= 15 is 0 Å². The predicted octanol–water partition coefficient (Wildman–Crippen LogP) is 3.03. The largest absolute Gasteiger partial charge is 0.496 e. The molecule has 2 rings (SSSR count). The van der Waals surface area contributed by atoms with Crippen molar-refractivity contribution in [3.8, 4) is 17.0 Å². The van der Waals surface area contributed by atoms with Crippen molar-refractivity contribution in [2.75, 3.05) is 12.8 Å². The molecule has 4 nitrogen and oxygen atoms in total. The maximum atomic E-state index is 5.57. The van der Waals surface area contributed by atoms with E-state index in [1.165, 1.54) is 5.56 Å². The lowest BCUT2D eigenvalue weighted by Gasteiger charge is -2.20. The SMILES string of the molecule is COc1ccc(C(C)(C)C)cc1-c1ccc(N)nn1. The van der Waals surface area contributed by atoms with Gasteiger partial charge in [-0.15, -0.1) is 10.2 Å². The van der Waals surface area contributed by atoms with Crippen LogP contribution in [0.2, 0.25) is 0 Å². The Morgan fingerprint density at radius 1 is 1.05 bits per heavy atom. The molecular weight excluding hydrogens is 238 g/mol.